The number of fused-ring (bicyclic) bond motifs is 2. The molecular formula is C78H62N2O16. The number of ether oxygens (including phenoxy) is 10. The predicted octanol–water partition coefficient (Wildman–Crippen LogP) is 14.7. The molecule has 0 aromatic heterocycles. The third-order valence-electron chi connectivity index (χ3n) is 17.5. The maximum Gasteiger partial charge on any atom is 0.334 e. The first-order chi connectivity index (χ1) is 46.7. The number of hydrogen-bond acceptors (Lipinski definition) is 16. The van der Waals surface area contributed by atoms with Crippen LogP contribution in [0.4, 0.5) is 0 Å². The van der Waals surface area contributed by atoms with Gasteiger partial charge in [-0.05, 0) is 112 Å². The molecule has 0 N–H and O–H groups in total. The highest BCUT2D eigenvalue weighted by molar-refractivity contribution is 6.45. The summed E-state index contributed by atoms with van der Waals surface area (Å²) in [4.78, 5) is 96.5. The molecular weight excluding hydrogens is 1220 g/mol. The summed E-state index contributed by atoms with van der Waals surface area (Å²) in [7, 11) is 0. The highest BCUT2D eigenvalue weighted by Gasteiger charge is 2.48. The number of esters is 2. The summed E-state index contributed by atoms with van der Waals surface area (Å²) >= 11 is 0. The largest absolute Gasteiger partial charge is 0.461 e. The van der Waals surface area contributed by atoms with E-state index in [0.29, 0.717) is 60.6 Å². The number of imide groups is 2. The van der Waals surface area contributed by atoms with Gasteiger partial charge in [-0.15, -0.1) is 0 Å². The van der Waals surface area contributed by atoms with Gasteiger partial charge in [-0.3, -0.25) is 29.0 Å². The molecule has 2 saturated heterocycles. The second-order valence-electron chi connectivity index (χ2n) is 24.3. The van der Waals surface area contributed by atoms with E-state index in [-0.39, 0.29) is 127 Å². The van der Waals surface area contributed by atoms with Crippen molar-refractivity contribution < 1.29 is 76.1 Å². The number of rotatable bonds is 24. The Bertz CT molecular complexity index is 4370. The lowest BCUT2D eigenvalue weighted by atomic mass is 9.80. The van der Waals surface area contributed by atoms with E-state index in [1.807, 2.05) is 76.2 Å². The van der Waals surface area contributed by atoms with E-state index < -0.39 is 47.7 Å². The van der Waals surface area contributed by atoms with Crippen LogP contribution in [0.1, 0.15) is 86.9 Å². The topological polar surface area (TPSA) is 208 Å². The first-order valence-corrected chi connectivity index (χ1v) is 31.7. The number of aryl methyl sites for hydroxylation is 4. The van der Waals surface area contributed by atoms with Crippen LogP contribution in [0.5, 0.6) is 46.0 Å². The van der Waals surface area contributed by atoms with E-state index in [1.54, 1.807) is 133 Å². The van der Waals surface area contributed by atoms with Crippen molar-refractivity contribution in [3.8, 4) is 46.0 Å². The normalized spacial score (nSPS) is 16.1. The average molecular weight is 1280 g/mol. The lowest BCUT2D eigenvalue weighted by Crippen LogP contribution is -2.46. The lowest BCUT2D eigenvalue weighted by molar-refractivity contribution is -0.151. The van der Waals surface area contributed by atoms with Crippen molar-refractivity contribution in [3.63, 3.8) is 0 Å². The second kappa shape index (κ2) is 25.4. The van der Waals surface area contributed by atoms with E-state index in [0.717, 1.165) is 32.1 Å². The zero-order valence-corrected chi connectivity index (χ0v) is 52.7. The fourth-order valence-corrected chi connectivity index (χ4v) is 12.6. The van der Waals surface area contributed by atoms with Crippen LogP contribution in [0.25, 0.3) is 43.1 Å². The minimum Gasteiger partial charge on any atom is -0.461 e. The maximum absolute atomic E-state index is 16.2. The van der Waals surface area contributed by atoms with Crippen LogP contribution in [-0.2, 0) is 38.0 Å². The fraction of sp³-hybridized carbons (Fsp3) is 0.205. The Labute approximate surface area is 550 Å². The molecule has 96 heavy (non-hydrogen) atoms. The lowest BCUT2D eigenvalue weighted by Gasteiger charge is -2.35. The predicted molar refractivity (Wildman–Crippen MR) is 355 cm³/mol. The van der Waals surface area contributed by atoms with Gasteiger partial charge < -0.3 is 47.4 Å². The van der Waals surface area contributed by atoms with Gasteiger partial charge in [-0.1, -0.05) is 131 Å². The minimum absolute atomic E-state index is 0.0292. The van der Waals surface area contributed by atoms with Crippen LogP contribution in [0.2, 0.25) is 0 Å². The summed E-state index contributed by atoms with van der Waals surface area (Å²) in [6.45, 7) is 9.18. The third kappa shape index (κ3) is 11.6. The summed E-state index contributed by atoms with van der Waals surface area (Å²) < 4.78 is 62.4. The molecule has 0 bridgehead atoms. The Morgan fingerprint density at radius 3 is 0.906 bits per heavy atom. The van der Waals surface area contributed by atoms with Gasteiger partial charge >= 0.3 is 11.9 Å². The molecule has 2 fully saturated rings. The van der Waals surface area contributed by atoms with Crippen LogP contribution < -0.4 is 18.9 Å². The van der Waals surface area contributed by atoms with Gasteiger partial charge in [0.1, 0.15) is 71.4 Å². The standard InChI is InChI=1S/C78H62N2O16/c1-43-15-23-49(24-16-43)93-59-35-55-63-56(74(82)79(73(55)81)71(47-11-7-5-8-12-47)77(85)89-33-31-87-39-53-41-91-53)37-61(95-51-27-19-45(3)20-28-51)67-68-62(96-52-29-21-46(4)22-30-52)38-58-64-57(36-60(66(70(64)68)65(59)69(63)67)94-50-25-17-44(2)18-26-50)75(83)80(76(58)84)72(48-13-9-6-10-14-48)78(86)90-34-32-88-40-54-42-92-54/h5-30,35-38,53-54,71-72H,31-34,39-42H2,1-4H3. The zero-order valence-electron chi connectivity index (χ0n) is 52.7. The maximum atomic E-state index is 16.2. The SMILES string of the molecule is Cc1ccc(Oc2cc3c4c(cc(Oc5ccc(C)cc5)c5c6c(Oc7ccc(C)cc7)cc7c8c(cc(Oc9ccc(C)cc9)c(c2c45)c86)C(=O)N(C(C(=O)OCCOCC2CO2)c2ccccc2)C7=O)C(=O)N(C(C(=O)OCCOCC2CO2)c2ccccc2)C3=O)cc1. The molecule has 11 aromatic carbocycles. The van der Waals surface area contributed by atoms with Crippen molar-refractivity contribution in [1.29, 1.82) is 0 Å². The molecule has 4 aliphatic rings. The second-order valence-corrected chi connectivity index (χ2v) is 24.3. The van der Waals surface area contributed by atoms with Crippen molar-refractivity contribution in [1.82, 2.24) is 9.80 Å². The summed E-state index contributed by atoms with van der Waals surface area (Å²) in [5, 5.41) is 1.93. The number of hydrogen-bond donors (Lipinski definition) is 0. The van der Waals surface area contributed by atoms with Crippen molar-refractivity contribution in [2.24, 2.45) is 0 Å². The van der Waals surface area contributed by atoms with Crippen molar-refractivity contribution in [2.45, 2.75) is 52.0 Å². The van der Waals surface area contributed by atoms with Crippen molar-refractivity contribution >= 4 is 78.7 Å². The molecule has 4 heterocycles. The van der Waals surface area contributed by atoms with Crippen LogP contribution in [0, 0.1) is 27.7 Å². The number of amides is 4. The van der Waals surface area contributed by atoms with Gasteiger partial charge in [0.15, 0.2) is 12.1 Å². The molecule has 18 heteroatoms. The van der Waals surface area contributed by atoms with Gasteiger partial charge in [0.05, 0.1) is 61.9 Å². The summed E-state index contributed by atoms with van der Waals surface area (Å²) in [6.07, 6.45) is -0.0686. The van der Waals surface area contributed by atoms with Crippen LogP contribution in [-0.4, -0.2) is 110 Å². The average Bonchev–Trinajstić information content (AvgIpc) is 0.810. The third-order valence-corrected chi connectivity index (χ3v) is 17.5. The molecule has 4 aliphatic heterocycles. The molecule has 0 saturated carbocycles. The highest BCUT2D eigenvalue weighted by atomic mass is 16.6. The monoisotopic (exact) mass is 1280 g/mol. The molecule has 480 valence electrons. The smallest absolute Gasteiger partial charge is 0.334 e. The van der Waals surface area contributed by atoms with E-state index in [9.17, 15) is 9.59 Å². The molecule has 4 unspecified atom stereocenters. The fourth-order valence-electron chi connectivity index (χ4n) is 12.6. The van der Waals surface area contributed by atoms with Gasteiger partial charge in [0.25, 0.3) is 23.6 Å². The molecule has 4 amide bonds. The zero-order chi connectivity index (χ0) is 65.9. The Morgan fingerprint density at radius 1 is 0.375 bits per heavy atom. The summed E-state index contributed by atoms with van der Waals surface area (Å²) in [5.74, 6) is -3.57. The summed E-state index contributed by atoms with van der Waals surface area (Å²) in [5.41, 5.74) is 4.16. The molecule has 15 rings (SSSR count). The molecule has 18 nitrogen and oxygen atoms in total. The Morgan fingerprint density at radius 2 is 0.646 bits per heavy atom. The van der Waals surface area contributed by atoms with Gasteiger partial charge in [0.2, 0.25) is 0 Å². The minimum atomic E-state index is -1.61. The molecule has 11 aromatic rings. The van der Waals surface area contributed by atoms with Crippen molar-refractivity contribution in [2.75, 3.05) is 52.9 Å². The van der Waals surface area contributed by atoms with E-state index in [1.165, 1.54) is 0 Å². The first kappa shape index (κ1) is 61.2. The Kier molecular flexibility index (Phi) is 16.2. The summed E-state index contributed by atoms with van der Waals surface area (Å²) in [6, 6.07) is 49.1. The molecule has 0 radical (unpaired) electrons. The van der Waals surface area contributed by atoms with Gasteiger partial charge in [-0.2, -0.15) is 0 Å². The number of carbonyl (C=O) groups excluding carboxylic acids is 6. The number of benzene rings is 11. The number of nitrogens with zero attached hydrogens (tertiary/aromatic N) is 2. The molecule has 4 atom stereocenters. The number of carbonyl (C=O) groups is 6. The van der Waals surface area contributed by atoms with E-state index >= 15 is 19.2 Å². The number of epoxide rings is 2. The Hall–Kier alpha value is -11.0. The first-order valence-electron chi connectivity index (χ1n) is 31.7. The molecule has 0 aliphatic carbocycles. The van der Waals surface area contributed by atoms with E-state index in [2.05, 4.69) is 0 Å². The van der Waals surface area contributed by atoms with Crippen LogP contribution in [0.3, 0.4) is 0 Å². The quantitative estimate of drug-likeness (QED) is 0.0138. The van der Waals surface area contributed by atoms with Crippen molar-refractivity contribution in [3.05, 3.63) is 238 Å². The molecule has 0 spiro atoms. The van der Waals surface area contributed by atoms with Crippen LogP contribution >= 0.6 is 0 Å². The van der Waals surface area contributed by atoms with Gasteiger partial charge in [0, 0.05) is 43.1 Å². The van der Waals surface area contributed by atoms with Gasteiger partial charge in [-0.25, -0.2) is 9.59 Å². The van der Waals surface area contributed by atoms with E-state index in [4.69, 9.17) is 47.4 Å². The highest BCUT2D eigenvalue weighted by Crippen LogP contribution is 2.58. The van der Waals surface area contributed by atoms with Crippen LogP contribution in [0.15, 0.2) is 182 Å². The Balaban J connectivity index is 1.04.